The van der Waals surface area contributed by atoms with Crippen LogP contribution in [0, 0.1) is 6.92 Å². The number of aryl methyl sites for hydroxylation is 1. The number of aromatic nitrogens is 2. The molecule has 0 saturated carbocycles. The van der Waals surface area contributed by atoms with Crippen molar-refractivity contribution in [3.8, 4) is 0 Å². The number of nitrogens with one attached hydrogen (secondary N) is 3. The van der Waals surface area contributed by atoms with Crippen LogP contribution in [-0.4, -0.2) is 34.9 Å². The molecule has 182 valence electrons. The summed E-state index contributed by atoms with van der Waals surface area (Å²) in [7, 11) is 3.50. The van der Waals surface area contributed by atoms with Gasteiger partial charge < -0.3 is 15.6 Å². The maximum atomic E-state index is 13.4. The minimum atomic E-state index is -4.56. The highest BCUT2D eigenvalue weighted by Gasteiger charge is 2.32. The van der Waals surface area contributed by atoms with Crippen LogP contribution in [0.5, 0.6) is 0 Å². The highest BCUT2D eigenvalue weighted by atomic mass is 19.4. The van der Waals surface area contributed by atoms with Gasteiger partial charge in [-0.15, -0.1) is 5.53 Å². The maximum Gasteiger partial charge on any atom is 0.416 e. The molecule has 3 aromatic rings. The fraction of sp³-hybridized carbons (Fsp3) is 0.208. The number of hydrogen-bond acceptors (Lipinski definition) is 7. The Morgan fingerprint density at radius 2 is 1.86 bits per heavy atom. The van der Waals surface area contributed by atoms with E-state index in [1.807, 2.05) is 19.2 Å². The van der Waals surface area contributed by atoms with Crippen molar-refractivity contribution in [1.29, 1.82) is 0 Å². The van der Waals surface area contributed by atoms with E-state index in [1.165, 1.54) is 12.4 Å². The van der Waals surface area contributed by atoms with Crippen LogP contribution in [0.1, 0.15) is 32.6 Å². The van der Waals surface area contributed by atoms with Crippen molar-refractivity contribution in [3.05, 3.63) is 89.1 Å². The van der Waals surface area contributed by atoms with Gasteiger partial charge in [-0.05, 0) is 62.5 Å². The topological polar surface area (TPSA) is 85.4 Å². The zero-order valence-corrected chi connectivity index (χ0v) is 19.3. The number of carbonyl (C=O) groups excluding carboxylic acids is 1. The molecule has 2 aromatic carbocycles. The minimum Gasteiger partial charge on any atom is -0.322 e. The number of alkyl halides is 3. The van der Waals surface area contributed by atoms with E-state index in [-0.39, 0.29) is 12.1 Å². The molecule has 35 heavy (non-hydrogen) atoms. The number of hydrogen-bond donors (Lipinski definition) is 3. The number of benzene rings is 2. The largest absolute Gasteiger partial charge is 0.416 e. The SMILES string of the molecule is Cc1ccc(NC(=O)c2cc(CN(C)C)cc(C(F)(F)F)c2)cc1N1C=C(c2cncnc2)NN1. The minimum absolute atomic E-state index is 0.0639. The Balaban J connectivity index is 1.58. The zero-order chi connectivity index (χ0) is 25.2. The van der Waals surface area contributed by atoms with Gasteiger partial charge in [0.15, 0.2) is 0 Å². The molecule has 11 heteroatoms. The van der Waals surface area contributed by atoms with E-state index in [4.69, 9.17) is 0 Å². The predicted octanol–water partition coefficient (Wildman–Crippen LogP) is 3.95. The van der Waals surface area contributed by atoms with Crippen molar-refractivity contribution in [3.63, 3.8) is 0 Å². The fourth-order valence-corrected chi connectivity index (χ4v) is 3.62. The summed E-state index contributed by atoms with van der Waals surface area (Å²) >= 11 is 0. The normalized spacial score (nSPS) is 13.6. The predicted molar refractivity (Wildman–Crippen MR) is 127 cm³/mol. The summed E-state index contributed by atoms with van der Waals surface area (Å²) in [5.41, 5.74) is 9.14. The third-order valence-corrected chi connectivity index (χ3v) is 5.25. The number of nitrogens with zero attached hydrogens (tertiary/aromatic N) is 4. The highest BCUT2D eigenvalue weighted by Crippen LogP contribution is 2.32. The van der Waals surface area contributed by atoms with Crippen LogP contribution in [-0.2, 0) is 12.7 Å². The monoisotopic (exact) mass is 483 g/mol. The van der Waals surface area contributed by atoms with E-state index >= 15 is 0 Å². The molecule has 0 radical (unpaired) electrons. The van der Waals surface area contributed by atoms with Crippen molar-refractivity contribution in [2.75, 3.05) is 24.4 Å². The number of halogens is 3. The van der Waals surface area contributed by atoms with Crippen LogP contribution in [0.3, 0.4) is 0 Å². The lowest BCUT2D eigenvalue weighted by atomic mass is 10.0. The van der Waals surface area contributed by atoms with E-state index in [0.717, 1.165) is 34.6 Å². The molecule has 1 aliphatic heterocycles. The number of rotatable bonds is 6. The molecule has 0 saturated heterocycles. The summed E-state index contributed by atoms with van der Waals surface area (Å²) in [6.45, 7) is 2.17. The molecule has 0 bridgehead atoms. The van der Waals surface area contributed by atoms with Crippen LogP contribution in [0.4, 0.5) is 24.5 Å². The van der Waals surface area contributed by atoms with Gasteiger partial charge in [-0.2, -0.15) is 13.2 Å². The van der Waals surface area contributed by atoms with Crippen LogP contribution >= 0.6 is 0 Å². The molecule has 0 atom stereocenters. The third kappa shape index (κ3) is 5.76. The average Bonchev–Trinajstić information content (AvgIpc) is 3.30. The van der Waals surface area contributed by atoms with Gasteiger partial charge in [0.2, 0.25) is 0 Å². The van der Waals surface area contributed by atoms with Gasteiger partial charge in [0.05, 0.1) is 16.9 Å². The van der Waals surface area contributed by atoms with Crippen LogP contribution < -0.4 is 21.3 Å². The molecule has 3 N–H and O–H groups in total. The fourth-order valence-electron chi connectivity index (χ4n) is 3.62. The molecule has 1 aromatic heterocycles. The second-order valence-corrected chi connectivity index (χ2v) is 8.39. The smallest absolute Gasteiger partial charge is 0.322 e. The Morgan fingerprint density at radius 1 is 1.11 bits per heavy atom. The molecule has 1 aliphatic rings. The second-order valence-electron chi connectivity index (χ2n) is 8.39. The van der Waals surface area contributed by atoms with Crippen molar-refractivity contribution < 1.29 is 18.0 Å². The van der Waals surface area contributed by atoms with Crippen molar-refractivity contribution >= 4 is 23.0 Å². The molecule has 0 spiro atoms. The third-order valence-electron chi connectivity index (χ3n) is 5.25. The Kier molecular flexibility index (Phi) is 6.72. The summed E-state index contributed by atoms with van der Waals surface area (Å²) in [5, 5.41) is 4.44. The van der Waals surface area contributed by atoms with Gasteiger partial charge in [-0.3, -0.25) is 9.80 Å². The van der Waals surface area contributed by atoms with Gasteiger partial charge >= 0.3 is 6.18 Å². The summed E-state index contributed by atoms with van der Waals surface area (Å²) in [6, 6.07) is 8.65. The standard InChI is InChI=1S/C24H24F3N7O/c1-15-4-5-20(9-22(15)34-13-21(31-32-34)18-10-28-14-29-11-18)30-23(35)17-6-16(12-33(2)3)7-19(8-17)24(25,26)27/h4-11,13-14,31-32H,12H2,1-3H3,(H,30,35). The molecule has 2 heterocycles. The zero-order valence-electron chi connectivity index (χ0n) is 19.3. The van der Waals surface area contributed by atoms with Gasteiger partial charge in [0, 0.05) is 42.0 Å². The first-order chi connectivity index (χ1) is 16.6. The first kappa shape index (κ1) is 24.2. The highest BCUT2D eigenvalue weighted by molar-refractivity contribution is 6.04. The Bertz CT molecular complexity index is 1260. The first-order valence-corrected chi connectivity index (χ1v) is 10.7. The number of amides is 1. The average molecular weight is 483 g/mol. The lowest BCUT2D eigenvalue weighted by Gasteiger charge is -2.19. The van der Waals surface area contributed by atoms with Gasteiger partial charge in [0.1, 0.15) is 6.33 Å². The van der Waals surface area contributed by atoms with Crippen molar-refractivity contribution in [2.24, 2.45) is 0 Å². The van der Waals surface area contributed by atoms with Gasteiger partial charge in [-0.25, -0.2) is 9.97 Å². The molecule has 0 unspecified atom stereocenters. The van der Waals surface area contributed by atoms with E-state index in [9.17, 15) is 18.0 Å². The Hall–Kier alpha value is -3.96. The van der Waals surface area contributed by atoms with Crippen molar-refractivity contribution in [1.82, 2.24) is 25.8 Å². The number of anilines is 2. The van der Waals surface area contributed by atoms with E-state index in [2.05, 4.69) is 26.2 Å². The molecular formula is C24H24F3N7O. The van der Waals surface area contributed by atoms with Crippen LogP contribution in [0.15, 0.2) is 61.3 Å². The summed E-state index contributed by atoms with van der Waals surface area (Å²) in [4.78, 5) is 22.7. The number of carbonyl (C=O) groups is 1. The molecule has 4 rings (SSSR count). The molecule has 0 aliphatic carbocycles. The van der Waals surface area contributed by atoms with E-state index < -0.39 is 17.6 Å². The van der Waals surface area contributed by atoms with Gasteiger partial charge in [-0.1, -0.05) is 6.07 Å². The van der Waals surface area contributed by atoms with Crippen LogP contribution in [0.2, 0.25) is 0 Å². The lowest BCUT2D eigenvalue weighted by molar-refractivity contribution is -0.137. The molecular weight excluding hydrogens is 459 g/mol. The van der Waals surface area contributed by atoms with E-state index in [0.29, 0.717) is 11.3 Å². The molecule has 8 nitrogen and oxygen atoms in total. The summed E-state index contributed by atoms with van der Waals surface area (Å²) in [5.74, 6) is -0.629. The molecule has 0 fully saturated rings. The maximum absolute atomic E-state index is 13.4. The van der Waals surface area contributed by atoms with E-state index in [1.54, 1.807) is 48.5 Å². The lowest BCUT2D eigenvalue weighted by Crippen LogP contribution is -2.36. The summed E-state index contributed by atoms with van der Waals surface area (Å²) < 4.78 is 40.3. The second kappa shape index (κ2) is 9.72. The Labute approximate surface area is 200 Å². The quantitative estimate of drug-likeness (QED) is 0.490. The number of hydrazine groups is 2. The van der Waals surface area contributed by atoms with Crippen LogP contribution in [0.25, 0.3) is 5.70 Å². The van der Waals surface area contributed by atoms with Gasteiger partial charge in [0.25, 0.3) is 5.91 Å². The first-order valence-electron chi connectivity index (χ1n) is 10.7. The molecule has 1 amide bonds. The Morgan fingerprint density at radius 3 is 2.54 bits per heavy atom. The summed E-state index contributed by atoms with van der Waals surface area (Å²) in [6.07, 6.45) is 2.03. The van der Waals surface area contributed by atoms with Crippen molar-refractivity contribution in [2.45, 2.75) is 19.6 Å².